The first kappa shape index (κ1) is 18.4. The Kier molecular flexibility index (Phi) is 5.23. The van der Waals surface area contributed by atoms with Gasteiger partial charge in [0.05, 0.1) is 28.1 Å². The van der Waals surface area contributed by atoms with Gasteiger partial charge in [-0.15, -0.1) is 0 Å². The van der Waals surface area contributed by atoms with Crippen LogP contribution >= 0.6 is 22.7 Å². The second kappa shape index (κ2) is 7.95. The molecule has 0 saturated heterocycles. The number of nitrogens with one attached hydrogen (secondary N) is 1. The molecule has 0 bridgehead atoms. The van der Waals surface area contributed by atoms with Crippen LogP contribution < -0.4 is 15.8 Å². The van der Waals surface area contributed by atoms with Crippen LogP contribution in [0.15, 0.2) is 48.7 Å². The summed E-state index contributed by atoms with van der Waals surface area (Å²) in [6.45, 7) is 2.59. The number of aromatic nitrogens is 2. The van der Waals surface area contributed by atoms with Crippen LogP contribution in [0, 0.1) is 0 Å². The maximum absolute atomic E-state index is 12.4. The zero-order chi connectivity index (χ0) is 19.5. The van der Waals surface area contributed by atoms with E-state index in [-0.39, 0.29) is 12.3 Å². The molecular formula is C20H18N4O2S2. The van der Waals surface area contributed by atoms with Crippen molar-refractivity contribution in [2.45, 2.75) is 13.3 Å². The number of amides is 1. The minimum absolute atomic E-state index is 0.107. The topological polar surface area (TPSA) is 90.1 Å². The Bertz CT molecular complexity index is 1120. The van der Waals surface area contributed by atoms with E-state index < -0.39 is 0 Å². The summed E-state index contributed by atoms with van der Waals surface area (Å²) < 4.78 is 6.44. The SMILES string of the molecule is CCOc1ccc(-c2cnc(NC(=O)Cc3ccc4nc(N)sc4c3)s2)cc1. The molecule has 2 heterocycles. The third kappa shape index (κ3) is 4.13. The summed E-state index contributed by atoms with van der Waals surface area (Å²) in [5, 5.41) is 3.98. The highest BCUT2D eigenvalue weighted by molar-refractivity contribution is 7.22. The number of benzene rings is 2. The first-order valence-electron chi connectivity index (χ1n) is 8.74. The van der Waals surface area contributed by atoms with E-state index in [1.807, 2.05) is 49.4 Å². The molecule has 0 aliphatic rings. The quantitative estimate of drug-likeness (QED) is 0.485. The lowest BCUT2D eigenvalue weighted by Gasteiger charge is -2.03. The first-order chi connectivity index (χ1) is 13.6. The van der Waals surface area contributed by atoms with Crippen molar-refractivity contribution in [2.24, 2.45) is 0 Å². The molecule has 8 heteroatoms. The number of fused-ring (bicyclic) bond motifs is 1. The number of thiazole rings is 2. The molecule has 142 valence electrons. The van der Waals surface area contributed by atoms with Crippen molar-refractivity contribution >= 4 is 49.1 Å². The number of hydrogen-bond donors (Lipinski definition) is 2. The highest BCUT2D eigenvalue weighted by Gasteiger charge is 2.10. The van der Waals surface area contributed by atoms with Crippen molar-refractivity contribution in [2.75, 3.05) is 17.7 Å². The van der Waals surface area contributed by atoms with E-state index in [0.717, 1.165) is 32.0 Å². The van der Waals surface area contributed by atoms with Crippen LogP contribution in [0.2, 0.25) is 0 Å². The average Bonchev–Trinajstić information content (AvgIpc) is 3.28. The zero-order valence-corrected chi connectivity index (χ0v) is 16.8. The summed E-state index contributed by atoms with van der Waals surface area (Å²) >= 11 is 2.86. The second-order valence-corrected chi connectivity index (χ2v) is 8.16. The van der Waals surface area contributed by atoms with Crippen LogP contribution in [0.25, 0.3) is 20.7 Å². The Labute approximate surface area is 170 Å². The van der Waals surface area contributed by atoms with Gasteiger partial charge in [0.15, 0.2) is 10.3 Å². The molecular weight excluding hydrogens is 392 g/mol. The molecule has 0 unspecified atom stereocenters. The molecule has 28 heavy (non-hydrogen) atoms. The zero-order valence-electron chi connectivity index (χ0n) is 15.1. The molecule has 4 rings (SSSR count). The van der Waals surface area contributed by atoms with Crippen LogP contribution in [-0.4, -0.2) is 22.5 Å². The van der Waals surface area contributed by atoms with Gasteiger partial charge in [0.25, 0.3) is 0 Å². The van der Waals surface area contributed by atoms with Crippen molar-refractivity contribution in [3.8, 4) is 16.2 Å². The summed E-state index contributed by atoms with van der Waals surface area (Å²) in [4.78, 5) is 21.9. The molecule has 0 radical (unpaired) electrons. The number of hydrogen-bond acceptors (Lipinski definition) is 7. The standard InChI is InChI=1S/C20H18N4O2S2/c1-2-26-14-6-4-13(5-7-14)17-11-22-20(28-17)24-18(25)10-12-3-8-15-16(9-12)27-19(21)23-15/h3-9,11H,2,10H2,1H3,(H2,21,23)(H,22,24,25). The number of rotatable bonds is 6. The van der Waals surface area contributed by atoms with Gasteiger partial charge in [0.2, 0.25) is 5.91 Å². The van der Waals surface area contributed by atoms with E-state index in [4.69, 9.17) is 10.5 Å². The molecule has 0 saturated carbocycles. The molecule has 0 aliphatic heterocycles. The molecule has 0 aliphatic carbocycles. The lowest BCUT2D eigenvalue weighted by atomic mass is 10.1. The number of ether oxygens (including phenoxy) is 1. The molecule has 0 atom stereocenters. The van der Waals surface area contributed by atoms with Gasteiger partial charge in [0, 0.05) is 6.20 Å². The van der Waals surface area contributed by atoms with Crippen LogP contribution in [0.1, 0.15) is 12.5 Å². The highest BCUT2D eigenvalue weighted by atomic mass is 32.1. The molecule has 4 aromatic rings. The van der Waals surface area contributed by atoms with Gasteiger partial charge in [-0.1, -0.05) is 28.7 Å². The summed E-state index contributed by atoms with van der Waals surface area (Å²) in [5.41, 5.74) is 8.54. The maximum atomic E-state index is 12.4. The van der Waals surface area contributed by atoms with Crippen molar-refractivity contribution in [3.63, 3.8) is 0 Å². The Hall–Kier alpha value is -2.97. The largest absolute Gasteiger partial charge is 0.494 e. The predicted molar refractivity (Wildman–Crippen MR) is 115 cm³/mol. The normalized spacial score (nSPS) is 10.9. The summed E-state index contributed by atoms with van der Waals surface area (Å²) in [5.74, 6) is 0.730. The number of nitrogens with zero attached hydrogens (tertiary/aromatic N) is 2. The Morgan fingerprint density at radius 2 is 2.00 bits per heavy atom. The number of anilines is 2. The number of nitrogen functional groups attached to an aromatic ring is 1. The second-order valence-electron chi connectivity index (χ2n) is 6.07. The lowest BCUT2D eigenvalue weighted by Crippen LogP contribution is -2.14. The van der Waals surface area contributed by atoms with Crippen molar-refractivity contribution in [1.29, 1.82) is 0 Å². The molecule has 0 fully saturated rings. The number of nitrogens with two attached hydrogens (primary N) is 1. The number of carbonyl (C=O) groups excluding carboxylic acids is 1. The third-order valence-corrected chi connectivity index (χ3v) is 5.85. The van der Waals surface area contributed by atoms with Crippen molar-refractivity contribution in [1.82, 2.24) is 9.97 Å². The third-order valence-electron chi connectivity index (χ3n) is 4.04. The molecule has 2 aromatic carbocycles. The van der Waals surface area contributed by atoms with Crippen molar-refractivity contribution in [3.05, 3.63) is 54.2 Å². The minimum Gasteiger partial charge on any atom is -0.494 e. The predicted octanol–water partition coefficient (Wildman–Crippen LogP) is 4.58. The van der Waals surface area contributed by atoms with E-state index in [2.05, 4.69) is 15.3 Å². The van der Waals surface area contributed by atoms with E-state index in [1.54, 1.807) is 6.20 Å². The highest BCUT2D eigenvalue weighted by Crippen LogP contribution is 2.30. The molecule has 3 N–H and O–H groups in total. The first-order valence-corrected chi connectivity index (χ1v) is 10.4. The van der Waals surface area contributed by atoms with E-state index >= 15 is 0 Å². The smallest absolute Gasteiger partial charge is 0.230 e. The molecule has 2 aromatic heterocycles. The summed E-state index contributed by atoms with van der Waals surface area (Å²) in [7, 11) is 0. The Morgan fingerprint density at radius 1 is 1.18 bits per heavy atom. The van der Waals surface area contributed by atoms with Gasteiger partial charge in [-0.25, -0.2) is 9.97 Å². The Balaban J connectivity index is 1.41. The fraction of sp³-hybridized carbons (Fsp3) is 0.150. The van der Waals surface area contributed by atoms with Crippen molar-refractivity contribution < 1.29 is 9.53 Å². The summed E-state index contributed by atoms with van der Waals surface area (Å²) in [6, 6.07) is 13.6. The van der Waals surface area contributed by atoms with Gasteiger partial charge >= 0.3 is 0 Å². The average molecular weight is 411 g/mol. The summed E-state index contributed by atoms with van der Waals surface area (Å²) in [6.07, 6.45) is 2.04. The van der Waals surface area contributed by atoms with E-state index in [1.165, 1.54) is 22.7 Å². The molecule has 6 nitrogen and oxygen atoms in total. The lowest BCUT2D eigenvalue weighted by molar-refractivity contribution is -0.115. The number of carbonyl (C=O) groups is 1. The van der Waals surface area contributed by atoms with Gasteiger partial charge in [0.1, 0.15) is 5.75 Å². The van der Waals surface area contributed by atoms with Crippen LogP contribution in [-0.2, 0) is 11.2 Å². The monoisotopic (exact) mass is 410 g/mol. The fourth-order valence-electron chi connectivity index (χ4n) is 2.79. The van der Waals surface area contributed by atoms with Crippen LogP contribution in [0.5, 0.6) is 5.75 Å². The van der Waals surface area contributed by atoms with Crippen LogP contribution in [0.3, 0.4) is 0 Å². The van der Waals surface area contributed by atoms with Gasteiger partial charge in [-0.3, -0.25) is 4.79 Å². The molecule has 1 amide bonds. The van der Waals surface area contributed by atoms with Gasteiger partial charge in [-0.05, 0) is 54.4 Å². The maximum Gasteiger partial charge on any atom is 0.230 e. The van der Waals surface area contributed by atoms with Gasteiger partial charge in [-0.2, -0.15) is 0 Å². The molecule has 0 spiro atoms. The van der Waals surface area contributed by atoms with Gasteiger partial charge < -0.3 is 15.8 Å². The minimum atomic E-state index is -0.107. The van der Waals surface area contributed by atoms with E-state index in [9.17, 15) is 4.79 Å². The fourth-order valence-corrected chi connectivity index (χ4v) is 4.43. The van der Waals surface area contributed by atoms with Crippen LogP contribution in [0.4, 0.5) is 10.3 Å². The van der Waals surface area contributed by atoms with E-state index in [0.29, 0.717) is 16.9 Å². The Morgan fingerprint density at radius 3 is 2.79 bits per heavy atom.